The Morgan fingerprint density at radius 2 is 1.94 bits per heavy atom. The summed E-state index contributed by atoms with van der Waals surface area (Å²) in [6, 6.07) is 11.5. The van der Waals surface area contributed by atoms with Crippen LogP contribution < -0.4 is 10.6 Å². The average Bonchev–Trinajstić information content (AvgIpc) is 3.12. The molecule has 3 nitrogen and oxygen atoms in total. The number of para-hydroxylation sites is 1. The lowest BCUT2D eigenvalue weighted by molar-refractivity contribution is 0.322. The molecule has 2 N–H and O–H groups in total. The molecule has 1 aliphatic heterocycles. The van der Waals surface area contributed by atoms with Gasteiger partial charge in [-0.05, 0) is 43.6 Å². The summed E-state index contributed by atoms with van der Waals surface area (Å²) in [4.78, 5) is 2.59. The Kier molecular flexibility index (Phi) is 3.48. The van der Waals surface area contributed by atoms with Gasteiger partial charge in [-0.25, -0.2) is 0 Å². The molecular formula is C14H19N3S. The van der Waals surface area contributed by atoms with Gasteiger partial charge in [0.15, 0.2) is 5.11 Å². The molecule has 1 aliphatic carbocycles. The molecule has 18 heavy (non-hydrogen) atoms. The molecule has 1 aromatic carbocycles. The fraction of sp³-hybridized carbons (Fsp3) is 0.500. The Labute approximate surface area is 114 Å². The molecule has 0 bridgehead atoms. The summed E-state index contributed by atoms with van der Waals surface area (Å²) in [5.41, 5.74) is 1.05. The molecular weight excluding hydrogens is 242 g/mol. The normalized spacial score (nSPS) is 23.9. The number of hydrogen-bond acceptors (Lipinski definition) is 2. The molecule has 1 atom stereocenters. The van der Waals surface area contributed by atoms with Gasteiger partial charge in [0.2, 0.25) is 0 Å². The van der Waals surface area contributed by atoms with E-state index < -0.39 is 0 Å². The fourth-order valence-corrected chi connectivity index (χ4v) is 2.84. The highest BCUT2D eigenvalue weighted by atomic mass is 32.1. The molecule has 1 unspecified atom stereocenters. The van der Waals surface area contributed by atoms with Gasteiger partial charge < -0.3 is 10.6 Å². The lowest BCUT2D eigenvalue weighted by atomic mass is 10.3. The van der Waals surface area contributed by atoms with Crippen molar-refractivity contribution in [2.75, 3.05) is 18.4 Å². The largest absolute Gasteiger partial charge is 0.358 e. The van der Waals surface area contributed by atoms with Crippen molar-refractivity contribution in [1.82, 2.24) is 10.2 Å². The zero-order chi connectivity index (χ0) is 12.4. The number of hydrogen-bond donors (Lipinski definition) is 2. The predicted octanol–water partition coefficient (Wildman–Crippen LogP) is 2.21. The Balaban J connectivity index is 1.46. The molecule has 1 heterocycles. The number of thiocarbonyl (C=S) groups is 1. The molecule has 0 radical (unpaired) electrons. The van der Waals surface area contributed by atoms with Crippen LogP contribution in [0.25, 0.3) is 0 Å². The summed E-state index contributed by atoms with van der Waals surface area (Å²) >= 11 is 5.35. The van der Waals surface area contributed by atoms with E-state index in [0.29, 0.717) is 6.04 Å². The van der Waals surface area contributed by atoms with Crippen LogP contribution in [-0.4, -0.2) is 35.2 Å². The van der Waals surface area contributed by atoms with Crippen molar-refractivity contribution in [1.29, 1.82) is 0 Å². The highest BCUT2D eigenvalue weighted by Crippen LogP contribution is 2.29. The van der Waals surface area contributed by atoms with Crippen LogP contribution >= 0.6 is 12.2 Å². The van der Waals surface area contributed by atoms with E-state index in [9.17, 15) is 0 Å². The van der Waals surface area contributed by atoms with Gasteiger partial charge in [0.25, 0.3) is 0 Å². The van der Waals surface area contributed by atoms with Crippen LogP contribution in [0, 0.1) is 0 Å². The Hall–Kier alpha value is -1.13. The van der Waals surface area contributed by atoms with Crippen LogP contribution in [0.4, 0.5) is 5.69 Å². The summed E-state index contributed by atoms with van der Waals surface area (Å²) in [5.74, 6) is 0. The first-order chi connectivity index (χ1) is 8.81. The van der Waals surface area contributed by atoms with Crippen LogP contribution in [0.5, 0.6) is 0 Å². The molecule has 0 spiro atoms. The van der Waals surface area contributed by atoms with Gasteiger partial charge in [-0.3, -0.25) is 4.90 Å². The summed E-state index contributed by atoms with van der Waals surface area (Å²) in [6.07, 6.45) is 3.98. The SMILES string of the molecule is S=C(Nc1ccccc1)NC1CCN(C2CC2)C1. The van der Waals surface area contributed by atoms with Gasteiger partial charge in [-0.1, -0.05) is 18.2 Å². The third kappa shape index (κ3) is 3.00. The molecule has 96 valence electrons. The first-order valence-corrected chi connectivity index (χ1v) is 7.09. The zero-order valence-electron chi connectivity index (χ0n) is 10.4. The fourth-order valence-electron chi connectivity index (χ4n) is 2.55. The topological polar surface area (TPSA) is 27.3 Å². The molecule has 1 aromatic rings. The summed E-state index contributed by atoms with van der Waals surface area (Å²) in [5, 5.41) is 7.39. The Bertz CT molecular complexity index is 416. The highest BCUT2D eigenvalue weighted by Gasteiger charge is 2.34. The van der Waals surface area contributed by atoms with Gasteiger partial charge in [-0.2, -0.15) is 0 Å². The maximum atomic E-state index is 5.35. The number of rotatable bonds is 3. The Morgan fingerprint density at radius 1 is 1.17 bits per heavy atom. The maximum Gasteiger partial charge on any atom is 0.171 e. The summed E-state index contributed by atoms with van der Waals surface area (Å²) in [7, 11) is 0. The third-order valence-electron chi connectivity index (χ3n) is 3.65. The highest BCUT2D eigenvalue weighted by molar-refractivity contribution is 7.80. The van der Waals surface area contributed by atoms with Gasteiger partial charge in [-0.15, -0.1) is 0 Å². The number of nitrogens with zero attached hydrogens (tertiary/aromatic N) is 1. The molecule has 1 saturated carbocycles. The van der Waals surface area contributed by atoms with Crippen molar-refractivity contribution in [3.63, 3.8) is 0 Å². The van der Waals surface area contributed by atoms with Gasteiger partial charge in [0, 0.05) is 30.9 Å². The monoisotopic (exact) mass is 261 g/mol. The smallest absolute Gasteiger partial charge is 0.171 e. The van der Waals surface area contributed by atoms with Gasteiger partial charge >= 0.3 is 0 Å². The molecule has 3 rings (SSSR count). The molecule has 1 saturated heterocycles. The minimum atomic E-state index is 0.509. The van der Waals surface area contributed by atoms with Crippen molar-refractivity contribution in [3.05, 3.63) is 30.3 Å². The van der Waals surface area contributed by atoms with Crippen LogP contribution in [-0.2, 0) is 0 Å². The summed E-state index contributed by atoms with van der Waals surface area (Å²) < 4.78 is 0. The minimum Gasteiger partial charge on any atom is -0.358 e. The second-order valence-corrected chi connectivity index (χ2v) is 5.58. The quantitative estimate of drug-likeness (QED) is 0.816. The van der Waals surface area contributed by atoms with E-state index in [1.165, 1.54) is 25.8 Å². The standard InChI is InChI=1S/C14H19N3S/c18-14(15-11-4-2-1-3-5-11)16-12-8-9-17(10-12)13-6-7-13/h1-5,12-13H,6-10H2,(H2,15,16,18). The lowest BCUT2D eigenvalue weighted by Crippen LogP contribution is -2.39. The van der Waals surface area contributed by atoms with Crippen molar-refractivity contribution in [2.24, 2.45) is 0 Å². The van der Waals surface area contributed by atoms with Gasteiger partial charge in [0.1, 0.15) is 0 Å². The van der Waals surface area contributed by atoms with E-state index in [-0.39, 0.29) is 0 Å². The summed E-state index contributed by atoms with van der Waals surface area (Å²) in [6.45, 7) is 2.36. The molecule has 4 heteroatoms. The Morgan fingerprint density at radius 3 is 2.67 bits per heavy atom. The van der Waals surface area contributed by atoms with E-state index in [4.69, 9.17) is 12.2 Å². The number of nitrogens with one attached hydrogen (secondary N) is 2. The van der Waals surface area contributed by atoms with Crippen LogP contribution in [0.3, 0.4) is 0 Å². The van der Waals surface area contributed by atoms with E-state index in [1.54, 1.807) is 0 Å². The molecule has 2 aliphatic rings. The molecule has 0 amide bonds. The zero-order valence-corrected chi connectivity index (χ0v) is 11.2. The van der Waals surface area contributed by atoms with Crippen molar-refractivity contribution in [2.45, 2.75) is 31.3 Å². The van der Waals surface area contributed by atoms with Crippen LogP contribution in [0.15, 0.2) is 30.3 Å². The average molecular weight is 261 g/mol. The van der Waals surface area contributed by atoms with E-state index in [1.807, 2.05) is 30.3 Å². The van der Waals surface area contributed by atoms with Crippen molar-refractivity contribution >= 4 is 23.0 Å². The van der Waals surface area contributed by atoms with E-state index in [0.717, 1.165) is 23.4 Å². The predicted molar refractivity (Wildman–Crippen MR) is 78.8 cm³/mol. The second-order valence-electron chi connectivity index (χ2n) is 5.18. The number of anilines is 1. The lowest BCUT2D eigenvalue weighted by Gasteiger charge is -2.17. The maximum absolute atomic E-state index is 5.35. The van der Waals surface area contributed by atoms with E-state index in [2.05, 4.69) is 15.5 Å². The minimum absolute atomic E-state index is 0.509. The van der Waals surface area contributed by atoms with Crippen molar-refractivity contribution < 1.29 is 0 Å². The molecule has 0 aromatic heterocycles. The van der Waals surface area contributed by atoms with Gasteiger partial charge in [0.05, 0.1) is 0 Å². The molecule has 2 fully saturated rings. The van der Waals surface area contributed by atoms with Crippen LogP contribution in [0.2, 0.25) is 0 Å². The van der Waals surface area contributed by atoms with E-state index >= 15 is 0 Å². The first-order valence-electron chi connectivity index (χ1n) is 6.68. The number of likely N-dealkylation sites (tertiary alicyclic amines) is 1. The van der Waals surface area contributed by atoms with Crippen molar-refractivity contribution in [3.8, 4) is 0 Å². The number of benzene rings is 1. The second kappa shape index (κ2) is 5.24. The third-order valence-corrected chi connectivity index (χ3v) is 3.87. The first kappa shape index (κ1) is 11.9. The van der Waals surface area contributed by atoms with Crippen LogP contribution in [0.1, 0.15) is 19.3 Å².